The summed E-state index contributed by atoms with van der Waals surface area (Å²) in [7, 11) is 0. The Balaban J connectivity index is 2.54. The van der Waals surface area contributed by atoms with Gasteiger partial charge in [-0.3, -0.25) is 4.21 Å². The maximum absolute atomic E-state index is 10.3. The van der Waals surface area contributed by atoms with Crippen molar-refractivity contribution < 1.29 is 8.76 Å². The molecule has 78 valence electrons. The normalized spacial score (nSPS) is 12.8. The number of rotatable bonds is 4. The molecule has 0 saturated heterocycles. The minimum atomic E-state index is -1.97. The van der Waals surface area contributed by atoms with Crippen LogP contribution in [0.15, 0.2) is 18.2 Å². The molecule has 1 unspecified atom stereocenters. The van der Waals surface area contributed by atoms with Crippen LogP contribution in [0.1, 0.15) is 12.0 Å². The van der Waals surface area contributed by atoms with Gasteiger partial charge in [0.1, 0.15) is 0 Å². The van der Waals surface area contributed by atoms with E-state index in [1.807, 2.05) is 0 Å². The zero-order valence-corrected chi connectivity index (χ0v) is 9.66. The zero-order valence-electron chi connectivity index (χ0n) is 7.33. The molecule has 1 rings (SSSR count). The van der Waals surface area contributed by atoms with Crippen LogP contribution in [0.3, 0.4) is 0 Å². The Morgan fingerprint density at radius 1 is 1.21 bits per heavy atom. The predicted octanol–water partition coefficient (Wildman–Crippen LogP) is 2.81. The molecule has 0 aliphatic heterocycles. The molecule has 0 aromatic heterocycles. The van der Waals surface area contributed by atoms with E-state index in [9.17, 15) is 8.76 Å². The molecule has 0 aliphatic carbocycles. The molecule has 0 bridgehead atoms. The fourth-order valence-corrected chi connectivity index (χ4v) is 2.10. The summed E-state index contributed by atoms with van der Waals surface area (Å²) in [6, 6.07) is 5.24. The van der Waals surface area contributed by atoms with Crippen LogP contribution in [0.25, 0.3) is 0 Å². The van der Waals surface area contributed by atoms with E-state index in [0.29, 0.717) is 22.9 Å². The number of hydrogen-bond acceptors (Lipinski definition) is 2. The first-order valence-corrected chi connectivity index (χ1v) is 6.09. The molecule has 2 nitrogen and oxygen atoms in total. The summed E-state index contributed by atoms with van der Waals surface area (Å²) in [6.07, 6.45) is 1.26. The number of halogens is 2. The van der Waals surface area contributed by atoms with Gasteiger partial charge < -0.3 is 4.55 Å². The van der Waals surface area contributed by atoms with E-state index in [0.717, 1.165) is 5.56 Å². The molecule has 0 N–H and O–H groups in total. The molecule has 14 heavy (non-hydrogen) atoms. The van der Waals surface area contributed by atoms with Gasteiger partial charge in [0.15, 0.2) is 0 Å². The van der Waals surface area contributed by atoms with E-state index in [1.165, 1.54) is 0 Å². The van der Waals surface area contributed by atoms with Crippen LogP contribution in [0.4, 0.5) is 0 Å². The zero-order chi connectivity index (χ0) is 10.6. The van der Waals surface area contributed by atoms with Crippen LogP contribution in [-0.2, 0) is 17.5 Å². The summed E-state index contributed by atoms with van der Waals surface area (Å²) in [4.78, 5) is 0. The SMILES string of the molecule is O=S([O-])CCCc1cc(Cl)cc(Cl)c1. The monoisotopic (exact) mass is 251 g/mol. The molecule has 0 spiro atoms. The maximum atomic E-state index is 10.3. The van der Waals surface area contributed by atoms with Gasteiger partial charge in [-0.15, -0.1) is 0 Å². The number of hydrogen-bond donors (Lipinski definition) is 0. The van der Waals surface area contributed by atoms with Gasteiger partial charge in [0.2, 0.25) is 0 Å². The molecule has 0 amide bonds. The molecule has 1 aromatic rings. The van der Waals surface area contributed by atoms with E-state index < -0.39 is 11.1 Å². The third-order valence-electron chi connectivity index (χ3n) is 1.70. The molecule has 0 aliphatic rings. The quantitative estimate of drug-likeness (QED) is 0.773. The summed E-state index contributed by atoms with van der Waals surface area (Å²) in [5, 5.41) is 1.16. The molecule has 5 heteroatoms. The lowest BCUT2D eigenvalue weighted by molar-refractivity contribution is 0.535. The fourth-order valence-electron chi connectivity index (χ4n) is 1.15. The first kappa shape index (κ1) is 12.0. The Bertz CT molecular complexity index is 321. The standard InChI is InChI=1S/C9H10Cl2O2S/c10-8-4-7(5-9(11)6-8)2-1-3-14(12)13/h4-6H,1-3H2,(H,12,13)/p-1. The summed E-state index contributed by atoms with van der Waals surface area (Å²) < 4.78 is 20.5. The minimum Gasteiger partial charge on any atom is -0.772 e. The highest BCUT2D eigenvalue weighted by atomic mass is 35.5. The molecular weight excluding hydrogens is 243 g/mol. The third-order valence-corrected chi connectivity index (χ3v) is 2.76. The largest absolute Gasteiger partial charge is 0.772 e. The van der Waals surface area contributed by atoms with Gasteiger partial charge in [0, 0.05) is 15.8 Å². The summed E-state index contributed by atoms with van der Waals surface area (Å²) in [6.45, 7) is 0. The van der Waals surface area contributed by atoms with Gasteiger partial charge in [-0.1, -0.05) is 34.3 Å². The first-order valence-electron chi connectivity index (χ1n) is 4.09. The predicted molar refractivity (Wildman–Crippen MR) is 58.6 cm³/mol. The van der Waals surface area contributed by atoms with Crippen LogP contribution in [0.2, 0.25) is 10.0 Å². The first-order chi connectivity index (χ1) is 6.58. The van der Waals surface area contributed by atoms with Crippen molar-refractivity contribution in [3.63, 3.8) is 0 Å². The third kappa shape index (κ3) is 4.42. The molecule has 1 atom stereocenters. The van der Waals surface area contributed by atoms with E-state index in [-0.39, 0.29) is 5.75 Å². The highest BCUT2D eigenvalue weighted by Crippen LogP contribution is 2.19. The molecular formula is C9H9Cl2O2S-. The second-order valence-corrected chi connectivity index (χ2v) is 4.78. The summed E-state index contributed by atoms with van der Waals surface area (Å²) >= 11 is 9.60. The van der Waals surface area contributed by atoms with Crippen molar-refractivity contribution in [2.24, 2.45) is 0 Å². The van der Waals surface area contributed by atoms with E-state index in [1.54, 1.807) is 18.2 Å². The van der Waals surface area contributed by atoms with Gasteiger partial charge in [-0.05, 0) is 36.6 Å². The van der Waals surface area contributed by atoms with Crippen LogP contribution in [0.5, 0.6) is 0 Å². The van der Waals surface area contributed by atoms with E-state index in [2.05, 4.69) is 0 Å². The lowest BCUT2D eigenvalue weighted by Crippen LogP contribution is -1.97. The second kappa shape index (κ2) is 5.71. The van der Waals surface area contributed by atoms with Crippen LogP contribution in [-0.4, -0.2) is 14.5 Å². The van der Waals surface area contributed by atoms with Crippen LogP contribution in [0, 0.1) is 0 Å². The number of benzene rings is 1. The Hall–Kier alpha value is -0.0900. The van der Waals surface area contributed by atoms with Crippen molar-refractivity contribution in [1.29, 1.82) is 0 Å². The van der Waals surface area contributed by atoms with Crippen molar-refractivity contribution in [3.8, 4) is 0 Å². The van der Waals surface area contributed by atoms with Crippen molar-refractivity contribution in [2.45, 2.75) is 12.8 Å². The Kier molecular flexibility index (Phi) is 4.89. The van der Waals surface area contributed by atoms with Crippen LogP contribution >= 0.6 is 23.2 Å². The molecule has 1 aromatic carbocycles. The van der Waals surface area contributed by atoms with E-state index in [4.69, 9.17) is 23.2 Å². The fraction of sp³-hybridized carbons (Fsp3) is 0.333. The second-order valence-electron chi connectivity index (χ2n) is 2.89. The van der Waals surface area contributed by atoms with Crippen molar-refractivity contribution in [3.05, 3.63) is 33.8 Å². The molecule has 0 saturated carbocycles. The Morgan fingerprint density at radius 2 is 1.79 bits per heavy atom. The Labute approximate surface area is 95.5 Å². The van der Waals surface area contributed by atoms with Crippen molar-refractivity contribution in [1.82, 2.24) is 0 Å². The molecule has 0 heterocycles. The van der Waals surface area contributed by atoms with Crippen molar-refractivity contribution >= 4 is 34.3 Å². The number of aryl methyl sites for hydroxylation is 1. The molecule has 0 radical (unpaired) electrons. The topological polar surface area (TPSA) is 40.1 Å². The molecule has 0 fully saturated rings. The maximum Gasteiger partial charge on any atom is 0.0423 e. The minimum absolute atomic E-state index is 0.171. The lowest BCUT2D eigenvalue weighted by Gasteiger charge is -2.05. The summed E-state index contributed by atoms with van der Waals surface area (Å²) in [5.41, 5.74) is 0.966. The van der Waals surface area contributed by atoms with E-state index >= 15 is 0 Å². The highest BCUT2D eigenvalue weighted by Gasteiger charge is 1.98. The summed E-state index contributed by atoms with van der Waals surface area (Å²) in [5.74, 6) is 0.171. The van der Waals surface area contributed by atoms with Gasteiger partial charge >= 0.3 is 0 Å². The Morgan fingerprint density at radius 3 is 2.29 bits per heavy atom. The highest BCUT2D eigenvalue weighted by molar-refractivity contribution is 7.79. The van der Waals surface area contributed by atoms with Gasteiger partial charge in [-0.25, -0.2) is 0 Å². The van der Waals surface area contributed by atoms with Gasteiger partial charge in [0.05, 0.1) is 0 Å². The van der Waals surface area contributed by atoms with Gasteiger partial charge in [-0.2, -0.15) is 0 Å². The smallest absolute Gasteiger partial charge is 0.0423 e. The average molecular weight is 252 g/mol. The average Bonchev–Trinajstić information content (AvgIpc) is 2.01. The van der Waals surface area contributed by atoms with Gasteiger partial charge in [0.25, 0.3) is 0 Å². The lowest BCUT2D eigenvalue weighted by atomic mass is 10.1. The van der Waals surface area contributed by atoms with Crippen molar-refractivity contribution in [2.75, 3.05) is 5.75 Å². The van der Waals surface area contributed by atoms with Crippen LogP contribution < -0.4 is 0 Å².